The highest BCUT2D eigenvalue weighted by Crippen LogP contribution is 2.24. The van der Waals surface area contributed by atoms with Gasteiger partial charge in [-0.15, -0.1) is 0 Å². The van der Waals surface area contributed by atoms with Crippen LogP contribution in [0.1, 0.15) is 25.8 Å². The summed E-state index contributed by atoms with van der Waals surface area (Å²) >= 11 is 0. The minimum Gasteiger partial charge on any atom is -0.497 e. The maximum atomic E-state index is 12.1. The molecule has 0 saturated heterocycles. The van der Waals surface area contributed by atoms with Crippen LogP contribution in [0.3, 0.4) is 0 Å². The maximum absolute atomic E-state index is 12.1. The quantitative estimate of drug-likeness (QED) is 0.709. The fourth-order valence-corrected chi connectivity index (χ4v) is 2.16. The molecule has 7 nitrogen and oxygen atoms in total. The number of ether oxygens (including phenoxy) is 3. The van der Waals surface area contributed by atoms with E-state index in [9.17, 15) is 9.59 Å². The van der Waals surface area contributed by atoms with Gasteiger partial charge in [-0.3, -0.25) is 0 Å². The highest BCUT2D eigenvalue weighted by Gasteiger charge is 2.26. The Balaban J connectivity index is 2.69. The van der Waals surface area contributed by atoms with Crippen molar-refractivity contribution in [2.24, 2.45) is 5.92 Å². The van der Waals surface area contributed by atoms with E-state index in [1.807, 2.05) is 19.9 Å². The first kappa shape index (κ1) is 19.6. The SMILES string of the molecule is CCC(C)C(NC(=O)NCc1ccc(OC)cc1OC)C(=O)OC. The van der Waals surface area contributed by atoms with E-state index in [0.29, 0.717) is 11.5 Å². The predicted octanol–water partition coefficient (Wildman–Crippen LogP) is 2.09. The van der Waals surface area contributed by atoms with Gasteiger partial charge in [0, 0.05) is 18.2 Å². The molecule has 0 aliphatic carbocycles. The third-order valence-corrected chi connectivity index (χ3v) is 3.89. The lowest BCUT2D eigenvalue weighted by Crippen LogP contribution is -2.49. The summed E-state index contributed by atoms with van der Waals surface area (Å²) in [7, 11) is 4.43. The van der Waals surface area contributed by atoms with Crippen LogP contribution in [0.2, 0.25) is 0 Å². The zero-order valence-corrected chi connectivity index (χ0v) is 14.8. The van der Waals surface area contributed by atoms with Crippen molar-refractivity contribution in [1.82, 2.24) is 10.6 Å². The first-order chi connectivity index (χ1) is 11.5. The van der Waals surface area contributed by atoms with E-state index >= 15 is 0 Å². The van der Waals surface area contributed by atoms with Crippen molar-refractivity contribution in [2.45, 2.75) is 32.9 Å². The number of hydrogen-bond acceptors (Lipinski definition) is 5. The second-order valence-corrected chi connectivity index (χ2v) is 5.39. The molecule has 0 saturated carbocycles. The molecule has 24 heavy (non-hydrogen) atoms. The summed E-state index contributed by atoms with van der Waals surface area (Å²) in [5.74, 6) is 0.795. The summed E-state index contributed by atoms with van der Waals surface area (Å²) in [6.45, 7) is 4.09. The lowest BCUT2D eigenvalue weighted by atomic mass is 9.99. The van der Waals surface area contributed by atoms with Gasteiger partial charge in [0.2, 0.25) is 0 Å². The Morgan fingerprint density at radius 2 is 1.88 bits per heavy atom. The van der Waals surface area contributed by atoms with E-state index < -0.39 is 18.0 Å². The van der Waals surface area contributed by atoms with Crippen molar-refractivity contribution in [2.75, 3.05) is 21.3 Å². The van der Waals surface area contributed by atoms with Crippen LogP contribution in [-0.2, 0) is 16.1 Å². The molecule has 0 aliphatic rings. The molecule has 7 heteroatoms. The van der Waals surface area contributed by atoms with Crippen LogP contribution in [0.15, 0.2) is 18.2 Å². The van der Waals surface area contributed by atoms with Crippen molar-refractivity contribution in [3.8, 4) is 11.5 Å². The lowest BCUT2D eigenvalue weighted by Gasteiger charge is -2.22. The third-order valence-electron chi connectivity index (χ3n) is 3.89. The number of amides is 2. The number of urea groups is 1. The molecule has 0 heterocycles. The van der Waals surface area contributed by atoms with Gasteiger partial charge in [-0.25, -0.2) is 9.59 Å². The summed E-state index contributed by atoms with van der Waals surface area (Å²) < 4.78 is 15.2. The highest BCUT2D eigenvalue weighted by molar-refractivity contribution is 5.83. The zero-order valence-electron chi connectivity index (χ0n) is 14.8. The number of carbonyl (C=O) groups excluding carboxylic acids is 2. The second-order valence-electron chi connectivity index (χ2n) is 5.39. The number of hydrogen-bond donors (Lipinski definition) is 2. The molecule has 0 spiro atoms. The molecule has 2 amide bonds. The molecule has 1 rings (SSSR count). The van der Waals surface area contributed by atoms with Crippen LogP contribution < -0.4 is 20.1 Å². The molecule has 0 aromatic heterocycles. The van der Waals surface area contributed by atoms with Gasteiger partial charge in [0.05, 0.1) is 21.3 Å². The number of carbonyl (C=O) groups is 2. The minimum atomic E-state index is -0.683. The fourth-order valence-electron chi connectivity index (χ4n) is 2.16. The molecular weight excluding hydrogens is 312 g/mol. The molecule has 2 atom stereocenters. The Morgan fingerprint density at radius 1 is 1.17 bits per heavy atom. The second kappa shape index (κ2) is 9.64. The number of methoxy groups -OCH3 is 3. The van der Waals surface area contributed by atoms with E-state index in [1.165, 1.54) is 7.11 Å². The van der Waals surface area contributed by atoms with Gasteiger partial charge in [-0.1, -0.05) is 20.3 Å². The summed E-state index contributed by atoms with van der Waals surface area (Å²) in [5.41, 5.74) is 0.798. The van der Waals surface area contributed by atoms with E-state index in [2.05, 4.69) is 10.6 Å². The zero-order chi connectivity index (χ0) is 18.1. The molecule has 2 unspecified atom stereocenters. The Labute approximate surface area is 142 Å². The topological polar surface area (TPSA) is 85.9 Å². The van der Waals surface area contributed by atoms with E-state index in [-0.39, 0.29) is 12.5 Å². The molecule has 0 bridgehead atoms. The van der Waals surface area contributed by atoms with Crippen molar-refractivity contribution in [3.05, 3.63) is 23.8 Å². The number of benzene rings is 1. The first-order valence-corrected chi connectivity index (χ1v) is 7.79. The van der Waals surface area contributed by atoms with Gasteiger partial charge >= 0.3 is 12.0 Å². The molecule has 1 aromatic carbocycles. The molecular formula is C17H26N2O5. The van der Waals surface area contributed by atoms with E-state index in [1.54, 1.807) is 26.4 Å². The number of esters is 1. The summed E-state index contributed by atoms with van der Waals surface area (Å²) in [5, 5.41) is 5.38. The van der Waals surface area contributed by atoms with Gasteiger partial charge in [-0.2, -0.15) is 0 Å². The Kier molecular flexibility index (Phi) is 7.88. The van der Waals surface area contributed by atoms with Crippen LogP contribution in [0.25, 0.3) is 0 Å². The minimum absolute atomic E-state index is 0.0290. The van der Waals surface area contributed by atoms with Crippen LogP contribution >= 0.6 is 0 Å². The molecule has 1 aromatic rings. The molecule has 134 valence electrons. The van der Waals surface area contributed by atoms with Gasteiger partial charge in [0.15, 0.2) is 0 Å². The smallest absolute Gasteiger partial charge is 0.328 e. The van der Waals surface area contributed by atoms with Crippen LogP contribution in [0.5, 0.6) is 11.5 Å². The Morgan fingerprint density at radius 3 is 2.42 bits per heavy atom. The predicted molar refractivity (Wildman–Crippen MR) is 90.2 cm³/mol. The number of rotatable bonds is 8. The monoisotopic (exact) mass is 338 g/mol. The van der Waals surface area contributed by atoms with Gasteiger partial charge in [-0.05, 0) is 18.1 Å². The van der Waals surface area contributed by atoms with Gasteiger partial charge in [0.1, 0.15) is 17.5 Å². The lowest BCUT2D eigenvalue weighted by molar-refractivity contribution is -0.144. The average molecular weight is 338 g/mol. The van der Waals surface area contributed by atoms with Crippen molar-refractivity contribution in [1.29, 1.82) is 0 Å². The van der Waals surface area contributed by atoms with E-state index in [0.717, 1.165) is 12.0 Å². The highest BCUT2D eigenvalue weighted by atomic mass is 16.5. The molecule has 0 aliphatic heterocycles. The molecule has 0 radical (unpaired) electrons. The Bertz CT molecular complexity index is 562. The standard InChI is InChI=1S/C17H26N2O5/c1-6-11(2)15(16(20)24-5)19-17(21)18-10-12-7-8-13(22-3)9-14(12)23-4/h7-9,11,15H,6,10H2,1-5H3,(H2,18,19,21). The van der Waals surface area contributed by atoms with Crippen molar-refractivity contribution in [3.63, 3.8) is 0 Å². The van der Waals surface area contributed by atoms with Crippen LogP contribution in [-0.4, -0.2) is 39.4 Å². The fraction of sp³-hybridized carbons (Fsp3) is 0.529. The van der Waals surface area contributed by atoms with E-state index in [4.69, 9.17) is 14.2 Å². The van der Waals surface area contributed by atoms with Crippen LogP contribution in [0.4, 0.5) is 4.79 Å². The first-order valence-electron chi connectivity index (χ1n) is 7.79. The number of nitrogens with one attached hydrogen (secondary N) is 2. The van der Waals surface area contributed by atoms with Crippen molar-refractivity contribution < 1.29 is 23.8 Å². The maximum Gasteiger partial charge on any atom is 0.328 e. The third kappa shape index (κ3) is 5.33. The summed E-state index contributed by atoms with van der Waals surface area (Å²) in [4.78, 5) is 23.9. The largest absolute Gasteiger partial charge is 0.497 e. The van der Waals surface area contributed by atoms with Gasteiger partial charge in [0.25, 0.3) is 0 Å². The normalized spacial score (nSPS) is 12.7. The average Bonchev–Trinajstić information content (AvgIpc) is 2.62. The Hall–Kier alpha value is -2.44. The van der Waals surface area contributed by atoms with Gasteiger partial charge < -0.3 is 24.8 Å². The summed E-state index contributed by atoms with van der Waals surface area (Å²) in [6, 6.07) is 4.21. The van der Waals surface area contributed by atoms with Crippen LogP contribution in [0, 0.1) is 5.92 Å². The molecule has 0 fully saturated rings. The van der Waals surface area contributed by atoms with Crippen molar-refractivity contribution >= 4 is 12.0 Å². The molecule has 2 N–H and O–H groups in total. The summed E-state index contributed by atoms with van der Waals surface area (Å²) in [6.07, 6.45) is 0.742.